The second kappa shape index (κ2) is 5.41. The molecule has 2 rings (SSSR count). The van der Waals surface area contributed by atoms with Crippen molar-refractivity contribution in [3.8, 4) is 6.07 Å². The predicted octanol–water partition coefficient (Wildman–Crippen LogP) is 2.59. The van der Waals surface area contributed by atoms with E-state index < -0.39 is 10.0 Å². The van der Waals surface area contributed by atoms with Gasteiger partial charge in [-0.15, -0.1) is 0 Å². The quantitative estimate of drug-likeness (QED) is 0.852. The summed E-state index contributed by atoms with van der Waals surface area (Å²) in [7, 11) is -3.76. The number of hydrogen-bond donors (Lipinski definition) is 2. The molecular formula is C13H10ClN3O2S. The van der Waals surface area contributed by atoms with Crippen LogP contribution < -0.4 is 10.5 Å². The van der Waals surface area contributed by atoms with Gasteiger partial charge >= 0.3 is 0 Å². The summed E-state index contributed by atoms with van der Waals surface area (Å²) in [5, 5.41) is 9.13. The Bertz CT molecular complexity index is 798. The van der Waals surface area contributed by atoms with E-state index in [-0.39, 0.29) is 21.2 Å². The van der Waals surface area contributed by atoms with E-state index in [0.717, 1.165) is 0 Å². The van der Waals surface area contributed by atoms with Gasteiger partial charge in [0, 0.05) is 5.69 Å². The van der Waals surface area contributed by atoms with E-state index in [1.165, 1.54) is 30.3 Å². The fourth-order valence-corrected chi connectivity index (χ4v) is 2.83. The van der Waals surface area contributed by atoms with Crippen molar-refractivity contribution < 1.29 is 8.42 Å². The van der Waals surface area contributed by atoms with Crippen molar-refractivity contribution in [1.29, 1.82) is 5.26 Å². The largest absolute Gasteiger partial charge is 0.399 e. The highest BCUT2D eigenvalue weighted by atomic mass is 35.5. The zero-order valence-electron chi connectivity index (χ0n) is 10.2. The highest BCUT2D eigenvalue weighted by molar-refractivity contribution is 7.92. The number of benzene rings is 2. The van der Waals surface area contributed by atoms with Gasteiger partial charge in [-0.25, -0.2) is 8.42 Å². The standard InChI is InChI=1S/C13H10ClN3O2S/c14-13-5-4-11(6-9(13)8-15)17-20(18,19)12-3-1-2-10(16)7-12/h1-7,17H,16H2. The lowest BCUT2D eigenvalue weighted by Crippen LogP contribution is -2.13. The average Bonchev–Trinajstić information content (AvgIpc) is 2.40. The fourth-order valence-electron chi connectivity index (χ4n) is 1.57. The highest BCUT2D eigenvalue weighted by Crippen LogP contribution is 2.22. The monoisotopic (exact) mass is 307 g/mol. The first-order valence-electron chi connectivity index (χ1n) is 5.50. The number of anilines is 2. The van der Waals surface area contributed by atoms with Crippen molar-refractivity contribution >= 4 is 33.0 Å². The van der Waals surface area contributed by atoms with Crippen molar-refractivity contribution in [2.45, 2.75) is 4.90 Å². The van der Waals surface area contributed by atoms with Gasteiger partial charge in [-0.05, 0) is 36.4 Å². The Kier molecular flexibility index (Phi) is 3.84. The molecule has 0 spiro atoms. The lowest BCUT2D eigenvalue weighted by atomic mass is 10.2. The average molecular weight is 308 g/mol. The molecule has 0 fully saturated rings. The number of rotatable bonds is 3. The van der Waals surface area contributed by atoms with Crippen LogP contribution in [-0.4, -0.2) is 8.42 Å². The molecule has 0 amide bonds. The summed E-state index contributed by atoms with van der Waals surface area (Å²) in [5.74, 6) is 0. The van der Waals surface area contributed by atoms with E-state index in [9.17, 15) is 8.42 Å². The highest BCUT2D eigenvalue weighted by Gasteiger charge is 2.15. The van der Waals surface area contributed by atoms with Crippen LogP contribution in [0.1, 0.15) is 5.56 Å². The summed E-state index contributed by atoms with van der Waals surface area (Å²) in [5.41, 5.74) is 6.36. The van der Waals surface area contributed by atoms with Crippen molar-refractivity contribution in [3.63, 3.8) is 0 Å². The van der Waals surface area contributed by atoms with Gasteiger partial charge in [0.1, 0.15) is 6.07 Å². The van der Waals surface area contributed by atoms with Crippen LogP contribution >= 0.6 is 11.6 Å². The molecule has 2 aromatic rings. The number of nitrogens with two attached hydrogens (primary N) is 1. The Balaban J connectivity index is 2.36. The molecule has 20 heavy (non-hydrogen) atoms. The minimum atomic E-state index is -3.76. The van der Waals surface area contributed by atoms with E-state index in [1.807, 2.05) is 6.07 Å². The van der Waals surface area contributed by atoms with Crippen LogP contribution in [0.5, 0.6) is 0 Å². The van der Waals surface area contributed by atoms with E-state index in [2.05, 4.69) is 4.72 Å². The summed E-state index contributed by atoms with van der Waals surface area (Å²) >= 11 is 5.79. The maximum atomic E-state index is 12.2. The fraction of sp³-hybridized carbons (Fsp3) is 0. The molecule has 0 heterocycles. The molecule has 0 saturated carbocycles. The number of nitrogen functional groups attached to an aromatic ring is 1. The maximum absolute atomic E-state index is 12.2. The number of nitrogens with zero attached hydrogens (tertiary/aromatic N) is 1. The van der Waals surface area contributed by atoms with Crippen molar-refractivity contribution in [1.82, 2.24) is 0 Å². The molecule has 0 aromatic heterocycles. The molecule has 0 saturated heterocycles. The zero-order valence-corrected chi connectivity index (χ0v) is 11.7. The second-order valence-corrected chi connectivity index (χ2v) is 6.07. The van der Waals surface area contributed by atoms with Gasteiger partial charge in [-0.1, -0.05) is 17.7 Å². The Morgan fingerprint density at radius 1 is 1.20 bits per heavy atom. The Morgan fingerprint density at radius 2 is 1.95 bits per heavy atom. The molecule has 2 aromatic carbocycles. The topological polar surface area (TPSA) is 96.0 Å². The molecule has 0 aliphatic heterocycles. The molecular weight excluding hydrogens is 298 g/mol. The van der Waals surface area contributed by atoms with Crippen molar-refractivity contribution in [2.24, 2.45) is 0 Å². The molecule has 3 N–H and O–H groups in total. The van der Waals surface area contributed by atoms with Gasteiger partial charge < -0.3 is 5.73 Å². The SMILES string of the molecule is N#Cc1cc(NS(=O)(=O)c2cccc(N)c2)ccc1Cl. The Hall–Kier alpha value is -2.23. The summed E-state index contributed by atoms with van der Waals surface area (Å²) < 4.78 is 26.7. The molecule has 0 aliphatic carbocycles. The minimum absolute atomic E-state index is 0.0472. The number of nitrogens with one attached hydrogen (secondary N) is 1. The van der Waals surface area contributed by atoms with Crippen LogP contribution in [0.2, 0.25) is 5.02 Å². The zero-order chi connectivity index (χ0) is 14.8. The van der Waals surface area contributed by atoms with E-state index in [4.69, 9.17) is 22.6 Å². The summed E-state index contributed by atoms with van der Waals surface area (Å²) in [6, 6.07) is 12.1. The van der Waals surface area contributed by atoms with E-state index in [0.29, 0.717) is 5.69 Å². The third-order valence-electron chi connectivity index (χ3n) is 2.51. The molecule has 0 radical (unpaired) electrons. The van der Waals surface area contributed by atoms with Gasteiger partial charge in [0.2, 0.25) is 0 Å². The Morgan fingerprint density at radius 3 is 2.60 bits per heavy atom. The minimum Gasteiger partial charge on any atom is -0.399 e. The summed E-state index contributed by atoms with van der Waals surface area (Å²) in [6.07, 6.45) is 0. The van der Waals surface area contributed by atoms with Gasteiger partial charge in [0.05, 0.1) is 21.2 Å². The number of halogens is 1. The first kappa shape index (κ1) is 14.2. The molecule has 7 heteroatoms. The Labute approximate surface area is 121 Å². The van der Waals surface area contributed by atoms with Crippen LogP contribution in [-0.2, 0) is 10.0 Å². The number of hydrogen-bond acceptors (Lipinski definition) is 4. The van der Waals surface area contributed by atoms with E-state index in [1.54, 1.807) is 12.1 Å². The van der Waals surface area contributed by atoms with Crippen LogP contribution in [0.3, 0.4) is 0 Å². The molecule has 0 atom stereocenters. The second-order valence-electron chi connectivity index (χ2n) is 3.98. The third kappa shape index (κ3) is 3.02. The summed E-state index contributed by atoms with van der Waals surface area (Å²) in [4.78, 5) is 0.0472. The molecule has 0 aliphatic rings. The predicted molar refractivity (Wildman–Crippen MR) is 77.8 cm³/mol. The number of sulfonamides is 1. The van der Waals surface area contributed by atoms with Crippen molar-refractivity contribution in [2.75, 3.05) is 10.5 Å². The van der Waals surface area contributed by atoms with Gasteiger partial charge in [0.25, 0.3) is 10.0 Å². The smallest absolute Gasteiger partial charge is 0.261 e. The first-order valence-corrected chi connectivity index (χ1v) is 7.36. The van der Waals surface area contributed by atoms with Gasteiger partial charge in [0.15, 0.2) is 0 Å². The summed E-state index contributed by atoms with van der Waals surface area (Å²) in [6.45, 7) is 0. The van der Waals surface area contributed by atoms with Crippen LogP contribution in [0, 0.1) is 11.3 Å². The molecule has 0 unspecified atom stereocenters. The lowest BCUT2D eigenvalue weighted by Gasteiger charge is -2.09. The third-order valence-corrected chi connectivity index (χ3v) is 4.22. The first-order chi connectivity index (χ1) is 9.42. The van der Waals surface area contributed by atoms with Crippen LogP contribution in [0.15, 0.2) is 47.4 Å². The normalized spacial score (nSPS) is 10.8. The van der Waals surface area contributed by atoms with Crippen LogP contribution in [0.4, 0.5) is 11.4 Å². The molecule has 5 nitrogen and oxygen atoms in total. The van der Waals surface area contributed by atoms with Gasteiger partial charge in [-0.3, -0.25) is 4.72 Å². The van der Waals surface area contributed by atoms with E-state index >= 15 is 0 Å². The van der Waals surface area contributed by atoms with Gasteiger partial charge in [-0.2, -0.15) is 5.26 Å². The molecule has 0 bridgehead atoms. The maximum Gasteiger partial charge on any atom is 0.261 e. The molecule has 102 valence electrons. The lowest BCUT2D eigenvalue weighted by molar-refractivity contribution is 0.601. The van der Waals surface area contributed by atoms with Crippen molar-refractivity contribution in [3.05, 3.63) is 53.1 Å². The van der Waals surface area contributed by atoms with Crippen LogP contribution in [0.25, 0.3) is 0 Å². The number of nitriles is 1.